The molecule has 1 atom stereocenters. The van der Waals surface area contributed by atoms with Gasteiger partial charge in [-0.25, -0.2) is 4.98 Å². The highest BCUT2D eigenvalue weighted by molar-refractivity contribution is 5.94. The number of aromatic nitrogens is 3. The van der Waals surface area contributed by atoms with E-state index in [2.05, 4.69) is 23.0 Å². The van der Waals surface area contributed by atoms with Crippen molar-refractivity contribution in [1.82, 2.24) is 14.5 Å². The molecule has 20 heavy (non-hydrogen) atoms. The number of H-pyrrole nitrogens is 1. The molecule has 3 aromatic rings. The number of carbonyl (C=O) groups is 1. The molecule has 4 heteroatoms. The van der Waals surface area contributed by atoms with Gasteiger partial charge in [0.15, 0.2) is 11.6 Å². The number of para-hydroxylation sites is 1. The van der Waals surface area contributed by atoms with E-state index in [4.69, 9.17) is 0 Å². The van der Waals surface area contributed by atoms with Crippen molar-refractivity contribution in [1.29, 1.82) is 0 Å². The van der Waals surface area contributed by atoms with Crippen molar-refractivity contribution in [3.05, 3.63) is 54.2 Å². The van der Waals surface area contributed by atoms with Crippen molar-refractivity contribution in [3.8, 4) is 0 Å². The number of imidazole rings is 1. The van der Waals surface area contributed by atoms with E-state index in [0.717, 1.165) is 5.52 Å². The van der Waals surface area contributed by atoms with Gasteiger partial charge in [0.05, 0.1) is 0 Å². The zero-order chi connectivity index (χ0) is 14.1. The molecule has 102 valence electrons. The SMILES string of the molecule is C[C@H](CC(=O)c1nccn1C)c1c[nH]c2ccccc12. The van der Waals surface area contributed by atoms with Crippen LogP contribution in [0, 0.1) is 0 Å². The van der Waals surface area contributed by atoms with Crippen LogP contribution >= 0.6 is 0 Å². The molecule has 2 aromatic heterocycles. The summed E-state index contributed by atoms with van der Waals surface area (Å²) in [6.45, 7) is 2.08. The average molecular weight is 267 g/mol. The zero-order valence-corrected chi connectivity index (χ0v) is 11.6. The Labute approximate surface area is 117 Å². The van der Waals surface area contributed by atoms with Crippen LogP contribution in [0.2, 0.25) is 0 Å². The van der Waals surface area contributed by atoms with E-state index in [0.29, 0.717) is 12.2 Å². The highest BCUT2D eigenvalue weighted by Crippen LogP contribution is 2.28. The van der Waals surface area contributed by atoms with Crippen molar-refractivity contribution in [2.45, 2.75) is 19.3 Å². The molecule has 0 fully saturated rings. The number of nitrogens with zero attached hydrogens (tertiary/aromatic N) is 2. The molecule has 0 radical (unpaired) electrons. The van der Waals surface area contributed by atoms with Crippen LogP contribution in [0.15, 0.2) is 42.9 Å². The molecule has 0 spiro atoms. The third kappa shape index (κ3) is 2.13. The van der Waals surface area contributed by atoms with Crippen molar-refractivity contribution in [2.75, 3.05) is 0 Å². The van der Waals surface area contributed by atoms with E-state index < -0.39 is 0 Å². The number of aryl methyl sites for hydroxylation is 1. The van der Waals surface area contributed by atoms with Crippen LogP contribution in [0.4, 0.5) is 0 Å². The summed E-state index contributed by atoms with van der Waals surface area (Å²) in [6.07, 6.45) is 5.92. The average Bonchev–Trinajstić information content (AvgIpc) is 3.04. The second-order valence-corrected chi connectivity index (χ2v) is 5.18. The topological polar surface area (TPSA) is 50.7 Å². The third-order valence-corrected chi connectivity index (χ3v) is 3.71. The Morgan fingerprint density at radius 3 is 2.95 bits per heavy atom. The van der Waals surface area contributed by atoms with Gasteiger partial charge in [-0.05, 0) is 17.5 Å². The summed E-state index contributed by atoms with van der Waals surface area (Å²) in [5.74, 6) is 0.766. The van der Waals surface area contributed by atoms with Crippen molar-refractivity contribution >= 4 is 16.7 Å². The van der Waals surface area contributed by atoms with Crippen molar-refractivity contribution in [2.24, 2.45) is 7.05 Å². The first-order valence-corrected chi connectivity index (χ1v) is 6.73. The lowest BCUT2D eigenvalue weighted by Crippen LogP contribution is -2.10. The summed E-state index contributed by atoms with van der Waals surface area (Å²) in [4.78, 5) is 19.6. The van der Waals surface area contributed by atoms with Gasteiger partial charge in [0.25, 0.3) is 0 Å². The molecule has 3 rings (SSSR count). The van der Waals surface area contributed by atoms with Crippen molar-refractivity contribution in [3.63, 3.8) is 0 Å². The summed E-state index contributed by atoms with van der Waals surface area (Å²) in [6, 6.07) is 8.16. The van der Waals surface area contributed by atoms with E-state index >= 15 is 0 Å². The first kappa shape index (κ1) is 12.7. The predicted molar refractivity (Wildman–Crippen MR) is 78.9 cm³/mol. The highest BCUT2D eigenvalue weighted by atomic mass is 16.1. The number of Topliss-reactive ketones (excluding diaryl/α,β-unsaturated/α-hetero) is 1. The summed E-state index contributed by atoms with van der Waals surface area (Å²) in [5, 5.41) is 1.19. The molecule has 1 N–H and O–H groups in total. The fourth-order valence-corrected chi connectivity index (χ4v) is 2.62. The van der Waals surface area contributed by atoms with E-state index in [9.17, 15) is 4.79 Å². The fourth-order valence-electron chi connectivity index (χ4n) is 2.62. The number of hydrogen-bond donors (Lipinski definition) is 1. The lowest BCUT2D eigenvalue weighted by Gasteiger charge is -2.09. The molecule has 0 unspecified atom stereocenters. The normalized spacial score (nSPS) is 12.7. The van der Waals surface area contributed by atoms with Crippen LogP contribution in [-0.2, 0) is 7.05 Å². The smallest absolute Gasteiger partial charge is 0.198 e. The van der Waals surface area contributed by atoms with Crippen LogP contribution in [-0.4, -0.2) is 20.3 Å². The Bertz CT molecular complexity index is 754. The maximum atomic E-state index is 12.3. The lowest BCUT2D eigenvalue weighted by molar-refractivity contribution is 0.0963. The quantitative estimate of drug-likeness (QED) is 0.737. The maximum absolute atomic E-state index is 12.3. The molecule has 0 bridgehead atoms. The predicted octanol–water partition coefficient (Wildman–Crippen LogP) is 3.28. The second kappa shape index (κ2) is 4.96. The van der Waals surface area contributed by atoms with Gasteiger partial charge >= 0.3 is 0 Å². The number of rotatable bonds is 4. The minimum absolute atomic E-state index is 0.0790. The van der Waals surface area contributed by atoms with E-state index in [1.165, 1.54) is 10.9 Å². The Kier molecular flexibility index (Phi) is 3.14. The number of fused-ring (bicyclic) bond motifs is 1. The monoisotopic (exact) mass is 267 g/mol. The number of hydrogen-bond acceptors (Lipinski definition) is 2. The van der Waals surface area contributed by atoms with Crippen LogP contribution in [0.1, 0.15) is 35.4 Å². The Morgan fingerprint density at radius 2 is 2.20 bits per heavy atom. The van der Waals surface area contributed by atoms with Gasteiger partial charge in [-0.2, -0.15) is 0 Å². The van der Waals surface area contributed by atoms with E-state index in [1.54, 1.807) is 17.0 Å². The Morgan fingerprint density at radius 1 is 1.40 bits per heavy atom. The molecule has 0 saturated carbocycles. The Hall–Kier alpha value is -2.36. The third-order valence-electron chi connectivity index (χ3n) is 3.71. The largest absolute Gasteiger partial charge is 0.361 e. The van der Waals surface area contributed by atoms with Gasteiger partial charge in [0.1, 0.15) is 0 Å². The highest BCUT2D eigenvalue weighted by Gasteiger charge is 2.18. The second-order valence-electron chi connectivity index (χ2n) is 5.18. The molecule has 0 saturated heterocycles. The summed E-state index contributed by atoms with van der Waals surface area (Å²) >= 11 is 0. The first-order valence-electron chi connectivity index (χ1n) is 6.73. The molecule has 0 aliphatic carbocycles. The van der Waals surface area contributed by atoms with Gasteiger partial charge in [0.2, 0.25) is 0 Å². The summed E-state index contributed by atoms with van der Waals surface area (Å²) < 4.78 is 1.77. The number of aromatic amines is 1. The minimum atomic E-state index is 0.0790. The van der Waals surface area contributed by atoms with Gasteiger partial charge < -0.3 is 9.55 Å². The van der Waals surface area contributed by atoms with Crippen LogP contribution in [0.3, 0.4) is 0 Å². The molecular formula is C16H17N3O. The van der Waals surface area contributed by atoms with Crippen LogP contribution in [0.25, 0.3) is 10.9 Å². The number of carbonyl (C=O) groups excluding carboxylic acids is 1. The molecule has 1 aromatic carbocycles. The van der Waals surface area contributed by atoms with Gasteiger partial charge in [0, 0.05) is 43.0 Å². The molecule has 0 aliphatic heterocycles. The fraction of sp³-hybridized carbons (Fsp3) is 0.250. The molecular weight excluding hydrogens is 250 g/mol. The van der Waals surface area contributed by atoms with Crippen LogP contribution < -0.4 is 0 Å². The van der Waals surface area contributed by atoms with Gasteiger partial charge in [-0.15, -0.1) is 0 Å². The van der Waals surface area contributed by atoms with Gasteiger partial charge in [-0.3, -0.25) is 4.79 Å². The Balaban J connectivity index is 1.85. The zero-order valence-electron chi connectivity index (χ0n) is 11.6. The minimum Gasteiger partial charge on any atom is -0.361 e. The van der Waals surface area contributed by atoms with Crippen molar-refractivity contribution < 1.29 is 4.79 Å². The molecule has 0 aliphatic rings. The summed E-state index contributed by atoms with van der Waals surface area (Å²) in [7, 11) is 1.84. The molecule has 2 heterocycles. The first-order chi connectivity index (χ1) is 9.66. The standard InChI is InChI=1S/C16H17N3O/c1-11(9-15(20)16-17-7-8-19(16)2)13-10-18-14-6-4-3-5-12(13)14/h3-8,10-11,18H,9H2,1-2H3/t11-/m1/s1. The maximum Gasteiger partial charge on any atom is 0.198 e. The number of nitrogens with one attached hydrogen (secondary N) is 1. The molecule has 0 amide bonds. The van der Waals surface area contributed by atoms with E-state index in [-0.39, 0.29) is 11.7 Å². The summed E-state index contributed by atoms with van der Waals surface area (Å²) in [5.41, 5.74) is 2.29. The van der Waals surface area contributed by atoms with E-state index in [1.807, 2.05) is 31.4 Å². The molecule has 4 nitrogen and oxygen atoms in total. The van der Waals surface area contributed by atoms with Gasteiger partial charge in [-0.1, -0.05) is 25.1 Å². The number of ketones is 1. The lowest BCUT2D eigenvalue weighted by atomic mass is 9.95. The van der Waals surface area contributed by atoms with Crippen LogP contribution in [0.5, 0.6) is 0 Å². The number of benzene rings is 1.